The van der Waals surface area contributed by atoms with Crippen LogP contribution in [0.4, 0.5) is 10.1 Å². The van der Waals surface area contributed by atoms with Crippen molar-refractivity contribution < 1.29 is 14.0 Å². The minimum absolute atomic E-state index is 0.111. The highest BCUT2D eigenvalue weighted by Crippen LogP contribution is 2.22. The number of amides is 2. The number of fused-ring (bicyclic) bond motifs is 1. The number of anilines is 1. The van der Waals surface area contributed by atoms with Gasteiger partial charge in [0.2, 0.25) is 5.91 Å². The standard InChI is InChI=1S/C22H19ClFN3O3/c23-17-11-14(7-8-18(17)24)25-20(28)13-27-19-6-2-1-5-15(19)16(12-21(27)29)22(30)26-9-3-4-10-26/h1-2,5-8,11-12H,3-4,9-10,13H2,(H,25,28). The van der Waals surface area contributed by atoms with Gasteiger partial charge in [-0.1, -0.05) is 29.8 Å². The van der Waals surface area contributed by atoms with Gasteiger partial charge in [-0.2, -0.15) is 0 Å². The van der Waals surface area contributed by atoms with E-state index >= 15 is 0 Å². The van der Waals surface area contributed by atoms with Crippen LogP contribution in [-0.2, 0) is 11.3 Å². The van der Waals surface area contributed by atoms with Gasteiger partial charge in [-0.25, -0.2) is 4.39 Å². The average Bonchev–Trinajstić information content (AvgIpc) is 3.27. The maximum Gasteiger partial charge on any atom is 0.254 e. The molecule has 2 amide bonds. The van der Waals surface area contributed by atoms with Gasteiger partial charge in [0.1, 0.15) is 12.4 Å². The molecule has 0 aliphatic carbocycles. The third kappa shape index (κ3) is 3.93. The molecule has 1 fully saturated rings. The van der Waals surface area contributed by atoms with Crippen LogP contribution in [0.5, 0.6) is 0 Å². The molecule has 0 unspecified atom stereocenters. The highest BCUT2D eigenvalue weighted by Gasteiger charge is 2.23. The molecule has 0 saturated carbocycles. The molecule has 1 aliphatic heterocycles. The summed E-state index contributed by atoms with van der Waals surface area (Å²) in [6.07, 6.45) is 1.91. The minimum atomic E-state index is -0.588. The Morgan fingerprint density at radius 3 is 2.53 bits per heavy atom. The lowest BCUT2D eigenvalue weighted by Gasteiger charge is -2.18. The summed E-state index contributed by atoms with van der Waals surface area (Å²) >= 11 is 5.74. The Morgan fingerprint density at radius 2 is 1.80 bits per heavy atom. The first-order valence-corrected chi connectivity index (χ1v) is 9.98. The Balaban J connectivity index is 1.66. The summed E-state index contributed by atoms with van der Waals surface area (Å²) in [6, 6.07) is 12.2. The number of carbonyl (C=O) groups is 2. The van der Waals surface area contributed by atoms with Crippen LogP contribution in [0.2, 0.25) is 5.02 Å². The maximum atomic E-state index is 13.3. The zero-order valence-electron chi connectivity index (χ0n) is 16.0. The summed E-state index contributed by atoms with van der Waals surface area (Å²) in [5.74, 6) is -1.22. The number of halogens is 2. The van der Waals surface area contributed by atoms with E-state index in [-0.39, 0.29) is 17.5 Å². The highest BCUT2D eigenvalue weighted by atomic mass is 35.5. The first-order chi connectivity index (χ1) is 14.4. The molecule has 6 nitrogen and oxygen atoms in total. The smallest absolute Gasteiger partial charge is 0.254 e. The number of nitrogens with zero attached hydrogens (tertiary/aromatic N) is 2. The van der Waals surface area contributed by atoms with Crippen LogP contribution in [0, 0.1) is 5.82 Å². The topological polar surface area (TPSA) is 71.4 Å². The molecule has 0 spiro atoms. The zero-order chi connectivity index (χ0) is 21.3. The van der Waals surface area contributed by atoms with E-state index in [9.17, 15) is 18.8 Å². The SMILES string of the molecule is O=C(Cn1c(=O)cc(C(=O)N2CCCC2)c2ccccc21)Nc1ccc(F)c(Cl)c1. The highest BCUT2D eigenvalue weighted by molar-refractivity contribution is 6.31. The van der Waals surface area contributed by atoms with Gasteiger partial charge in [0.25, 0.3) is 11.5 Å². The molecule has 2 aromatic carbocycles. The molecule has 30 heavy (non-hydrogen) atoms. The van der Waals surface area contributed by atoms with Gasteiger partial charge < -0.3 is 10.2 Å². The number of para-hydroxylation sites is 1. The lowest BCUT2D eigenvalue weighted by Crippen LogP contribution is -2.32. The normalized spacial score (nSPS) is 13.6. The lowest BCUT2D eigenvalue weighted by atomic mass is 10.1. The van der Waals surface area contributed by atoms with E-state index in [0.717, 1.165) is 18.9 Å². The lowest BCUT2D eigenvalue weighted by molar-refractivity contribution is -0.116. The van der Waals surface area contributed by atoms with Crippen molar-refractivity contribution >= 4 is 40.0 Å². The third-order valence-corrected chi connectivity index (χ3v) is 5.44. The van der Waals surface area contributed by atoms with Crippen LogP contribution in [0.3, 0.4) is 0 Å². The van der Waals surface area contributed by atoms with Crippen molar-refractivity contribution in [1.82, 2.24) is 9.47 Å². The third-order valence-electron chi connectivity index (χ3n) is 5.15. The summed E-state index contributed by atoms with van der Waals surface area (Å²) in [7, 11) is 0. The molecule has 0 bridgehead atoms. The predicted octanol–water partition coefficient (Wildman–Crippen LogP) is 3.67. The van der Waals surface area contributed by atoms with E-state index in [0.29, 0.717) is 35.2 Å². The second-order valence-corrected chi connectivity index (χ2v) is 7.58. The summed E-state index contributed by atoms with van der Waals surface area (Å²) in [4.78, 5) is 40.0. The second kappa shape index (κ2) is 8.28. The van der Waals surface area contributed by atoms with Crippen LogP contribution >= 0.6 is 11.6 Å². The van der Waals surface area contributed by atoms with Gasteiger partial charge in [0.05, 0.1) is 16.1 Å². The molecule has 1 N–H and O–H groups in total. The van der Waals surface area contributed by atoms with Crippen molar-refractivity contribution in [1.29, 1.82) is 0 Å². The van der Waals surface area contributed by atoms with Gasteiger partial charge in [-0.3, -0.25) is 19.0 Å². The fraction of sp³-hybridized carbons (Fsp3) is 0.227. The number of rotatable bonds is 4. The Morgan fingerprint density at radius 1 is 1.07 bits per heavy atom. The molecule has 1 saturated heterocycles. The zero-order valence-corrected chi connectivity index (χ0v) is 16.8. The van der Waals surface area contributed by atoms with E-state index in [1.54, 1.807) is 29.2 Å². The summed E-state index contributed by atoms with van der Waals surface area (Å²) in [5.41, 5.74) is 0.729. The molecule has 3 aromatic rings. The number of aromatic nitrogens is 1. The summed E-state index contributed by atoms with van der Waals surface area (Å²) < 4.78 is 14.6. The number of pyridine rings is 1. The van der Waals surface area contributed by atoms with Crippen LogP contribution in [0.1, 0.15) is 23.2 Å². The van der Waals surface area contributed by atoms with Crippen molar-refractivity contribution in [3.8, 4) is 0 Å². The molecule has 0 atom stereocenters. The van der Waals surface area contributed by atoms with Crippen LogP contribution in [-0.4, -0.2) is 34.4 Å². The van der Waals surface area contributed by atoms with E-state index in [1.165, 1.54) is 22.8 Å². The molecule has 2 heterocycles. The number of likely N-dealkylation sites (tertiary alicyclic amines) is 1. The van der Waals surface area contributed by atoms with Gasteiger partial charge in [0, 0.05) is 30.2 Å². The number of hydrogen-bond acceptors (Lipinski definition) is 3. The molecule has 154 valence electrons. The summed E-state index contributed by atoms with van der Waals surface area (Å²) in [5, 5.41) is 3.11. The van der Waals surface area contributed by atoms with Crippen molar-refractivity contribution in [2.45, 2.75) is 19.4 Å². The molecule has 1 aliphatic rings. The Kier molecular flexibility index (Phi) is 5.55. The maximum absolute atomic E-state index is 13.3. The van der Waals surface area contributed by atoms with Gasteiger partial charge >= 0.3 is 0 Å². The second-order valence-electron chi connectivity index (χ2n) is 7.18. The largest absolute Gasteiger partial charge is 0.339 e. The fourth-order valence-corrected chi connectivity index (χ4v) is 3.86. The Labute approximate surface area is 176 Å². The van der Waals surface area contributed by atoms with Crippen LogP contribution in [0.15, 0.2) is 53.3 Å². The molecule has 8 heteroatoms. The van der Waals surface area contributed by atoms with E-state index < -0.39 is 17.3 Å². The number of benzene rings is 2. The molecular weight excluding hydrogens is 409 g/mol. The van der Waals surface area contributed by atoms with Crippen LogP contribution in [0.25, 0.3) is 10.9 Å². The van der Waals surface area contributed by atoms with Crippen molar-refractivity contribution in [3.05, 3.63) is 75.3 Å². The monoisotopic (exact) mass is 427 g/mol. The molecular formula is C22H19ClFN3O3. The van der Waals surface area contributed by atoms with Gasteiger partial charge in [-0.05, 0) is 37.1 Å². The fourth-order valence-electron chi connectivity index (χ4n) is 3.68. The van der Waals surface area contributed by atoms with Crippen molar-refractivity contribution in [2.75, 3.05) is 18.4 Å². The molecule has 4 rings (SSSR count). The number of carbonyl (C=O) groups excluding carboxylic acids is 2. The first kappa shape index (κ1) is 20.1. The Bertz CT molecular complexity index is 1200. The van der Waals surface area contributed by atoms with Gasteiger partial charge in [0.15, 0.2) is 0 Å². The predicted molar refractivity (Wildman–Crippen MR) is 113 cm³/mol. The quantitative estimate of drug-likeness (QED) is 0.690. The van der Waals surface area contributed by atoms with E-state index in [2.05, 4.69) is 5.32 Å². The van der Waals surface area contributed by atoms with Gasteiger partial charge in [-0.15, -0.1) is 0 Å². The molecule has 1 aromatic heterocycles. The Hall–Kier alpha value is -3.19. The van der Waals surface area contributed by atoms with Crippen LogP contribution < -0.4 is 10.9 Å². The van der Waals surface area contributed by atoms with Crippen molar-refractivity contribution in [3.63, 3.8) is 0 Å². The minimum Gasteiger partial charge on any atom is -0.339 e. The number of hydrogen-bond donors (Lipinski definition) is 1. The van der Waals surface area contributed by atoms with Crippen molar-refractivity contribution in [2.24, 2.45) is 0 Å². The van der Waals surface area contributed by atoms with E-state index in [4.69, 9.17) is 11.6 Å². The van der Waals surface area contributed by atoms with E-state index in [1.807, 2.05) is 0 Å². The molecule has 0 radical (unpaired) electrons. The summed E-state index contributed by atoms with van der Waals surface area (Å²) in [6.45, 7) is 1.10. The average molecular weight is 428 g/mol. The number of nitrogens with one attached hydrogen (secondary N) is 1. The first-order valence-electron chi connectivity index (χ1n) is 9.61.